The zero-order valence-electron chi connectivity index (χ0n) is 30.2. The predicted octanol–water partition coefficient (Wildman–Crippen LogP) is 13.7. The Morgan fingerprint density at radius 2 is 1.17 bits per heavy atom. The van der Waals surface area contributed by atoms with Crippen molar-refractivity contribution in [2.24, 2.45) is 0 Å². The van der Waals surface area contributed by atoms with Crippen molar-refractivity contribution in [2.45, 2.75) is 45.4 Å². The van der Waals surface area contributed by atoms with Gasteiger partial charge in [-0.1, -0.05) is 131 Å². The minimum Gasteiger partial charge on any atom is -0.453 e. The molecule has 0 bridgehead atoms. The van der Waals surface area contributed by atoms with Crippen molar-refractivity contribution < 1.29 is 4.74 Å². The minimum atomic E-state index is -0.348. The molecule has 0 saturated heterocycles. The van der Waals surface area contributed by atoms with Crippen molar-refractivity contribution in [3.8, 4) is 33.8 Å². The van der Waals surface area contributed by atoms with Crippen molar-refractivity contribution in [1.29, 1.82) is 0 Å². The van der Waals surface area contributed by atoms with Crippen molar-refractivity contribution >= 4 is 34.1 Å². The lowest BCUT2D eigenvalue weighted by atomic mass is 9.72. The Morgan fingerprint density at radius 3 is 2.02 bits per heavy atom. The number of aryl methyl sites for hydroxylation is 1. The summed E-state index contributed by atoms with van der Waals surface area (Å²) in [6, 6.07) is 55.4. The van der Waals surface area contributed by atoms with Crippen LogP contribution in [0, 0.1) is 6.92 Å². The first-order valence-corrected chi connectivity index (χ1v) is 18.3. The molecule has 0 fully saturated rings. The smallest absolute Gasteiger partial charge is 0.152 e. The van der Waals surface area contributed by atoms with Crippen LogP contribution in [-0.4, -0.2) is 0 Å². The summed E-state index contributed by atoms with van der Waals surface area (Å²) in [5, 5.41) is 0. The monoisotopic (exact) mass is 672 g/mol. The number of fused-ring (bicyclic) bond motifs is 7. The van der Waals surface area contributed by atoms with Crippen LogP contribution in [0.1, 0.15) is 55.5 Å². The van der Waals surface area contributed by atoms with E-state index in [0.29, 0.717) is 0 Å². The molecule has 7 aromatic rings. The summed E-state index contributed by atoms with van der Waals surface area (Å²) >= 11 is 0. The first kappa shape index (κ1) is 30.7. The van der Waals surface area contributed by atoms with Gasteiger partial charge in [0.05, 0.1) is 22.7 Å². The molecule has 0 aromatic heterocycles. The van der Waals surface area contributed by atoms with E-state index in [4.69, 9.17) is 4.74 Å². The van der Waals surface area contributed by atoms with Crippen LogP contribution < -0.4 is 14.5 Å². The quantitative estimate of drug-likeness (QED) is 0.185. The molecule has 7 aromatic carbocycles. The van der Waals surface area contributed by atoms with Gasteiger partial charge in [0.2, 0.25) is 0 Å². The molecule has 0 unspecified atom stereocenters. The van der Waals surface area contributed by atoms with Crippen molar-refractivity contribution in [3.63, 3.8) is 0 Å². The van der Waals surface area contributed by atoms with Gasteiger partial charge in [-0.25, -0.2) is 0 Å². The number of benzene rings is 7. The fourth-order valence-electron chi connectivity index (χ4n) is 9.19. The molecule has 3 aliphatic rings. The standard InChI is InChI=1S/C49H40N2O/c1-31-15-13-24-43-46(31)51-41-23-12-11-22-39(41)49(4,5)45-42(27-28-44(52-43)47(45)51)50(34-19-14-18-33(29-34)32-16-7-6-8-17-32)35-25-26-37-36-20-9-10-21-38(36)48(2,3)40(37)30-35/h6-30H,1-5H3. The maximum absolute atomic E-state index is 6.80. The molecule has 0 saturated carbocycles. The minimum absolute atomic E-state index is 0.131. The molecule has 3 nitrogen and oxygen atoms in total. The first-order chi connectivity index (χ1) is 25.2. The normalized spacial score (nSPS) is 15.1. The highest BCUT2D eigenvalue weighted by molar-refractivity contribution is 5.99. The van der Waals surface area contributed by atoms with Gasteiger partial charge in [-0.2, -0.15) is 0 Å². The Kier molecular flexibility index (Phi) is 6.48. The van der Waals surface area contributed by atoms with Gasteiger partial charge in [-0.3, -0.25) is 0 Å². The summed E-state index contributed by atoms with van der Waals surface area (Å²) in [6.45, 7) is 11.6. The molecule has 0 spiro atoms. The molecule has 10 rings (SSSR count). The third-order valence-corrected chi connectivity index (χ3v) is 11.7. The van der Waals surface area contributed by atoms with E-state index in [1.54, 1.807) is 0 Å². The molecule has 0 amide bonds. The Bertz CT molecular complexity index is 2580. The van der Waals surface area contributed by atoms with Gasteiger partial charge in [-0.05, 0) is 100.0 Å². The van der Waals surface area contributed by atoms with E-state index in [0.717, 1.165) is 39.9 Å². The maximum Gasteiger partial charge on any atom is 0.152 e. The number of anilines is 6. The molecule has 52 heavy (non-hydrogen) atoms. The molecule has 0 atom stereocenters. The Morgan fingerprint density at radius 1 is 0.500 bits per heavy atom. The lowest BCUT2D eigenvalue weighted by Crippen LogP contribution is -2.34. The fourth-order valence-corrected chi connectivity index (χ4v) is 9.19. The Balaban J connectivity index is 1.26. The van der Waals surface area contributed by atoms with Gasteiger partial charge >= 0.3 is 0 Å². The number of hydrogen-bond donors (Lipinski definition) is 0. The van der Waals surface area contributed by atoms with Crippen LogP contribution in [0.2, 0.25) is 0 Å². The summed E-state index contributed by atoms with van der Waals surface area (Å²) in [7, 11) is 0. The number of hydrogen-bond acceptors (Lipinski definition) is 3. The lowest BCUT2D eigenvalue weighted by molar-refractivity contribution is 0.471. The summed E-state index contributed by atoms with van der Waals surface area (Å²) in [5.41, 5.74) is 17.8. The average molecular weight is 673 g/mol. The van der Waals surface area contributed by atoms with Gasteiger partial charge in [0.25, 0.3) is 0 Å². The fraction of sp³-hybridized carbons (Fsp3) is 0.143. The third-order valence-electron chi connectivity index (χ3n) is 11.7. The summed E-state index contributed by atoms with van der Waals surface area (Å²) in [5.74, 6) is 1.76. The second kappa shape index (κ2) is 11.0. The number of rotatable bonds is 4. The van der Waals surface area contributed by atoms with Crippen LogP contribution in [0.4, 0.5) is 34.1 Å². The van der Waals surface area contributed by atoms with Gasteiger partial charge < -0.3 is 14.5 Å². The van der Waals surface area contributed by atoms with Crippen LogP contribution in [0.5, 0.6) is 11.5 Å². The molecule has 2 heterocycles. The molecular formula is C49H40N2O. The molecule has 0 N–H and O–H groups in total. The highest BCUT2D eigenvalue weighted by Gasteiger charge is 2.45. The van der Waals surface area contributed by atoms with E-state index in [1.807, 2.05) is 0 Å². The number of ether oxygens (including phenoxy) is 1. The first-order valence-electron chi connectivity index (χ1n) is 18.3. The Hall–Kier alpha value is -6.06. The van der Waals surface area contributed by atoms with Gasteiger partial charge in [0.1, 0.15) is 0 Å². The van der Waals surface area contributed by atoms with E-state index in [2.05, 4.69) is 196 Å². The second-order valence-electron chi connectivity index (χ2n) is 15.5. The van der Waals surface area contributed by atoms with Crippen LogP contribution in [0.25, 0.3) is 22.3 Å². The summed E-state index contributed by atoms with van der Waals surface area (Å²) in [6.07, 6.45) is 0. The number of para-hydroxylation sites is 2. The molecule has 1 aliphatic carbocycles. The summed E-state index contributed by atoms with van der Waals surface area (Å²) in [4.78, 5) is 4.95. The van der Waals surface area contributed by atoms with Gasteiger partial charge in [0, 0.05) is 27.8 Å². The van der Waals surface area contributed by atoms with Crippen LogP contribution in [0.15, 0.2) is 152 Å². The summed E-state index contributed by atoms with van der Waals surface area (Å²) < 4.78 is 6.80. The van der Waals surface area contributed by atoms with Gasteiger partial charge in [-0.15, -0.1) is 0 Å². The van der Waals surface area contributed by atoms with E-state index < -0.39 is 0 Å². The third kappa shape index (κ3) is 4.26. The van der Waals surface area contributed by atoms with E-state index >= 15 is 0 Å². The second-order valence-corrected chi connectivity index (χ2v) is 15.5. The van der Waals surface area contributed by atoms with Crippen molar-refractivity contribution in [2.75, 3.05) is 9.80 Å². The van der Waals surface area contributed by atoms with Crippen LogP contribution >= 0.6 is 0 Å². The molecule has 2 aliphatic heterocycles. The SMILES string of the molecule is Cc1cccc2c1N1c3ccccc3C(C)(C)c3c(N(c4cccc(-c5ccccc5)c4)c4ccc5c(c4)C(C)(C)c4ccccc4-5)ccc(c31)O2. The molecular weight excluding hydrogens is 633 g/mol. The highest BCUT2D eigenvalue weighted by Crippen LogP contribution is 2.63. The zero-order valence-corrected chi connectivity index (χ0v) is 30.2. The average Bonchev–Trinajstić information content (AvgIpc) is 3.40. The lowest BCUT2D eigenvalue weighted by Gasteiger charge is -2.47. The predicted molar refractivity (Wildman–Crippen MR) is 216 cm³/mol. The molecule has 252 valence electrons. The van der Waals surface area contributed by atoms with Crippen molar-refractivity contribution in [1.82, 2.24) is 0 Å². The molecule has 3 heteroatoms. The maximum atomic E-state index is 6.80. The van der Waals surface area contributed by atoms with Crippen molar-refractivity contribution in [3.05, 3.63) is 179 Å². The Labute approximate surface area is 306 Å². The zero-order chi connectivity index (χ0) is 35.4. The molecule has 0 radical (unpaired) electrons. The van der Waals surface area contributed by atoms with E-state index in [-0.39, 0.29) is 10.8 Å². The topological polar surface area (TPSA) is 15.7 Å². The van der Waals surface area contributed by atoms with E-state index in [9.17, 15) is 0 Å². The van der Waals surface area contributed by atoms with Gasteiger partial charge in [0.15, 0.2) is 11.5 Å². The highest BCUT2D eigenvalue weighted by atomic mass is 16.5. The largest absolute Gasteiger partial charge is 0.453 e. The number of nitrogens with zero attached hydrogens (tertiary/aromatic N) is 2. The van der Waals surface area contributed by atoms with E-state index in [1.165, 1.54) is 55.8 Å². The van der Waals surface area contributed by atoms with Crippen LogP contribution in [0.3, 0.4) is 0 Å². The van der Waals surface area contributed by atoms with Crippen LogP contribution in [-0.2, 0) is 10.8 Å².